The van der Waals surface area contributed by atoms with Crippen LogP contribution >= 0.6 is 0 Å². The van der Waals surface area contributed by atoms with Gasteiger partial charge in [-0.1, -0.05) is 35.9 Å². The van der Waals surface area contributed by atoms with Gasteiger partial charge in [0.05, 0.1) is 0 Å². The summed E-state index contributed by atoms with van der Waals surface area (Å²) in [6, 6.07) is 13.1. The van der Waals surface area contributed by atoms with Crippen LogP contribution in [0.2, 0.25) is 0 Å². The van der Waals surface area contributed by atoms with Crippen LogP contribution in [-0.4, -0.2) is 38.4 Å². The molecule has 2 aromatic rings. The number of ether oxygens (including phenoxy) is 1. The van der Waals surface area contributed by atoms with Gasteiger partial charge >= 0.3 is 6.36 Å². The molecule has 0 aliphatic carbocycles. The van der Waals surface area contributed by atoms with Crippen molar-refractivity contribution in [3.05, 3.63) is 65.2 Å². The first kappa shape index (κ1) is 22.1. The van der Waals surface area contributed by atoms with Crippen LogP contribution in [0.25, 0.3) is 0 Å². The lowest BCUT2D eigenvalue weighted by Gasteiger charge is -2.15. The first-order valence-electron chi connectivity index (χ1n) is 8.91. The Labute approximate surface area is 167 Å². The van der Waals surface area contributed by atoms with Crippen LogP contribution in [0.4, 0.5) is 13.2 Å². The van der Waals surface area contributed by atoms with Gasteiger partial charge in [-0.3, -0.25) is 9.79 Å². The van der Waals surface area contributed by atoms with E-state index in [4.69, 9.17) is 0 Å². The molecule has 9 heteroatoms. The Kier molecular flexibility index (Phi) is 7.88. The lowest BCUT2D eigenvalue weighted by Crippen LogP contribution is -2.41. The third-order valence-electron chi connectivity index (χ3n) is 3.85. The fourth-order valence-electron chi connectivity index (χ4n) is 2.52. The summed E-state index contributed by atoms with van der Waals surface area (Å²) in [5.41, 5.74) is 1.91. The van der Waals surface area contributed by atoms with Crippen molar-refractivity contribution < 1.29 is 22.7 Å². The second-order valence-corrected chi connectivity index (χ2v) is 6.13. The van der Waals surface area contributed by atoms with Crippen LogP contribution in [0.15, 0.2) is 53.5 Å². The molecule has 0 saturated heterocycles. The molecule has 3 N–H and O–H groups in total. The van der Waals surface area contributed by atoms with Gasteiger partial charge in [-0.25, -0.2) is 0 Å². The maximum atomic E-state index is 12.5. The third kappa shape index (κ3) is 7.73. The van der Waals surface area contributed by atoms with E-state index in [1.807, 2.05) is 19.1 Å². The molecule has 0 heterocycles. The summed E-state index contributed by atoms with van der Waals surface area (Å²) in [5, 5.41) is 8.69. The third-order valence-corrected chi connectivity index (χ3v) is 3.85. The summed E-state index contributed by atoms with van der Waals surface area (Å²) < 4.78 is 41.5. The largest absolute Gasteiger partial charge is 0.573 e. The standard InChI is InChI=1S/C20H23F3N4O2/c1-14-6-5-8-15(12-14)18(28)25-10-11-26-19(24-2)27-13-16-7-3-4-9-17(16)29-20(21,22)23/h3-9,12H,10-11,13H2,1-2H3,(H,25,28)(H2,24,26,27). The molecule has 2 aromatic carbocycles. The number of rotatable bonds is 7. The fourth-order valence-corrected chi connectivity index (χ4v) is 2.52. The van der Waals surface area contributed by atoms with Crippen LogP contribution in [0.3, 0.4) is 0 Å². The predicted molar refractivity (Wildman–Crippen MR) is 105 cm³/mol. The number of benzene rings is 2. The van der Waals surface area contributed by atoms with Gasteiger partial charge in [-0.15, -0.1) is 13.2 Å². The zero-order valence-electron chi connectivity index (χ0n) is 16.1. The number of alkyl halides is 3. The van der Waals surface area contributed by atoms with Crippen LogP contribution in [0, 0.1) is 6.92 Å². The molecule has 6 nitrogen and oxygen atoms in total. The molecule has 156 valence electrons. The minimum absolute atomic E-state index is 0.0849. The van der Waals surface area contributed by atoms with E-state index in [1.54, 1.807) is 25.2 Å². The van der Waals surface area contributed by atoms with E-state index in [0.717, 1.165) is 5.56 Å². The smallest absolute Gasteiger partial charge is 0.405 e. The molecule has 1 amide bonds. The zero-order chi connectivity index (χ0) is 21.3. The molecule has 0 atom stereocenters. The fraction of sp³-hybridized carbons (Fsp3) is 0.300. The zero-order valence-corrected chi connectivity index (χ0v) is 16.1. The highest BCUT2D eigenvalue weighted by Crippen LogP contribution is 2.25. The SMILES string of the molecule is CN=C(NCCNC(=O)c1cccc(C)c1)NCc1ccccc1OC(F)(F)F. The molecule has 2 rings (SSSR count). The van der Waals surface area contributed by atoms with Crippen molar-refractivity contribution in [2.75, 3.05) is 20.1 Å². The average Bonchev–Trinajstić information content (AvgIpc) is 2.67. The van der Waals surface area contributed by atoms with Gasteiger partial charge in [0.1, 0.15) is 5.75 Å². The van der Waals surface area contributed by atoms with Gasteiger partial charge in [-0.05, 0) is 25.1 Å². The van der Waals surface area contributed by atoms with Gasteiger partial charge in [0.15, 0.2) is 5.96 Å². The topological polar surface area (TPSA) is 74.8 Å². The average molecular weight is 408 g/mol. The van der Waals surface area contributed by atoms with E-state index in [1.165, 1.54) is 18.2 Å². The number of hydrogen-bond donors (Lipinski definition) is 3. The number of nitrogens with one attached hydrogen (secondary N) is 3. The maximum absolute atomic E-state index is 12.5. The van der Waals surface area contributed by atoms with Gasteiger partial charge in [0.25, 0.3) is 5.91 Å². The van der Waals surface area contributed by atoms with Gasteiger partial charge in [0.2, 0.25) is 0 Å². The Balaban J connectivity index is 1.79. The second kappa shape index (κ2) is 10.4. The number of para-hydroxylation sites is 1. The Morgan fingerprint density at radius 2 is 1.76 bits per heavy atom. The van der Waals surface area contributed by atoms with Crippen molar-refractivity contribution in [2.45, 2.75) is 19.8 Å². The predicted octanol–water partition coefficient (Wildman–Crippen LogP) is 2.99. The summed E-state index contributed by atoms with van der Waals surface area (Å²) in [7, 11) is 1.54. The molecule has 0 unspecified atom stereocenters. The first-order valence-corrected chi connectivity index (χ1v) is 8.91. The Morgan fingerprint density at radius 1 is 1.03 bits per heavy atom. The van der Waals surface area contributed by atoms with Crippen molar-refractivity contribution in [1.82, 2.24) is 16.0 Å². The van der Waals surface area contributed by atoms with E-state index in [-0.39, 0.29) is 18.2 Å². The quantitative estimate of drug-likeness (QED) is 0.374. The monoisotopic (exact) mass is 408 g/mol. The maximum Gasteiger partial charge on any atom is 0.573 e. The lowest BCUT2D eigenvalue weighted by molar-refractivity contribution is -0.274. The Bertz CT molecular complexity index is 854. The molecule has 0 saturated carbocycles. The van der Waals surface area contributed by atoms with Gasteiger partial charge in [-0.2, -0.15) is 0 Å². The molecule has 0 aliphatic heterocycles. The van der Waals surface area contributed by atoms with E-state index < -0.39 is 6.36 Å². The first-order chi connectivity index (χ1) is 13.8. The summed E-state index contributed by atoms with van der Waals surface area (Å²) in [6.07, 6.45) is -4.76. The van der Waals surface area contributed by atoms with E-state index in [2.05, 4.69) is 25.7 Å². The van der Waals surface area contributed by atoms with Crippen LogP contribution < -0.4 is 20.7 Å². The number of carbonyl (C=O) groups excluding carboxylic acids is 1. The van der Waals surface area contributed by atoms with E-state index in [9.17, 15) is 18.0 Å². The number of aryl methyl sites for hydroxylation is 1. The molecule has 0 fully saturated rings. The van der Waals surface area contributed by atoms with Crippen molar-refractivity contribution in [1.29, 1.82) is 0 Å². The molecule has 0 aliphatic rings. The minimum Gasteiger partial charge on any atom is -0.405 e. The van der Waals surface area contributed by atoms with Crippen LogP contribution in [0.5, 0.6) is 5.75 Å². The number of hydrogen-bond acceptors (Lipinski definition) is 3. The molecular formula is C20H23F3N4O2. The minimum atomic E-state index is -4.76. The van der Waals surface area contributed by atoms with E-state index in [0.29, 0.717) is 30.2 Å². The molecule has 0 bridgehead atoms. The number of aliphatic imine (C=N–C) groups is 1. The summed E-state index contributed by atoms with van der Waals surface area (Å²) in [6.45, 7) is 2.73. The van der Waals surface area contributed by atoms with Crippen molar-refractivity contribution in [3.63, 3.8) is 0 Å². The normalized spacial score (nSPS) is 11.7. The van der Waals surface area contributed by atoms with Gasteiger partial charge in [0, 0.05) is 37.8 Å². The molecule has 29 heavy (non-hydrogen) atoms. The highest BCUT2D eigenvalue weighted by molar-refractivity contribution is 5.94. The second-order valence-electron chi connectivity index (χ2n) is 6.13. The Morgan fingerprint density at radius 3 is 2.45 bits per heavy atom. The number of nitrogens with zero attached hydrogens (tertiary/aromatic N) is 1. The lowest BCUT2D eigenvalue weighted by atomic mass is 10.1. The highest BCUT2D eigenvalue weighted by Gasteiger charge is 2.31. The summed E-state index contributed by atoms with van der Waals surface area (Å²) >= 11 is 0. The summed E-state index contributed by atoms with van der Waals surface area (Å²) in [4.78, 5) is 16.1. The van der Waals surface area contributed by atoms with E-state index >= 15 is 0 Å². The number of carbonyl (C=O) groups is 1. The Hall–Kier alpha value is -3.23. The van der Waals surface area contributed by atoms with Crippen molar-refractivity contribution in [3.8, 4) is 5.75 Å². The summed E-state index contributed by atoms with van der Waals surface area (Å²) in [5.74, 6) is -0.0679. The van der Waals surface area contributed by atoms with Gasteiger partial charge < -0.3 is 20.7 Å². The molecule has 0 aromatic heterocycles. The number of amides is 1. The van der Waals surface area contributed by atoms with Crippen LogP contribution in [0.1, 0.15) is 21.5 Å². The van der Waals surface area contributed by atoms with Crippen LogP contribution in [-0.2, 0) is 6.54 Å². The number of guanidine groups is 1. The molecule has 0 spiro atoms. The van der Waals surface area contributed by atoms with Crippen molar-refractivity contribution >= 4 is 11.9 Å². The number of halogens is 3. The molecule has 0 radical (unpaired) electrons. The highest BCUT2D eigenvalue weighted by atomic mass is 19.4. The van der Waals surface area contributed by atoms with Crippen molar-refractivity contribution in [2.24, 2.45) is 4.99 Å². The molecular weight excluding hydrogens is 385 g/mol.